The van der Waals surface area contributed by atoms with E-state index in [-0.39, 0.29) is 5.91 Å². The van der Waals surface area contributed by atoms with E-state index < -0.39 is 17.8 Å². The highest BCUT2D eigenvalue weighted by Crippen LogP contribution is 2.35. The lowest BCUT2D eigenvalue weighted by Crippen LogP contribution is -2.26. The Morgan fingerprint density at radius 2 is 1.97 bits per heavy atom. The Kier molecular flexibility index (Phi) is 5.93. The Bertz CT molecular complexity index is 1150. The van der Waals surface area contributed by atoms with Crippen molar-refractivity contribution in [1.29, 1.82) is 0 Å². The Morgan fingerprint density at radius 1 is 1.16 bits per heavy atom. The monoisotopic (exact) mass is 436 g/mol. The summed E-state index contributed by atoms with van der Waals surface area (Å²) in [6, 6.07) is 13.1. The van der Waals surface area contributed by atoms with Crippen molar-refractivity contribution in [1.82, 2.24) is 4.57 Å². The first-order valence-corrected chi connectivity index (χ1v) is 10.7. The molecule has 7 heteroatoms. The normalized spacial score (nSPS) is 16.2. The van der Waals surface area contributed by atoms with E-state index >= 15 is 0 Å². The average Bonchev–Trinajstić information content (AvgIpc) is 3.40. The van der Waals surface area contributed by atoms with E-state index in [2.05, 4.69) is 5.32 Å². The maximum atomic E-state index is 12.9. The van der Waals surface area contributed by atoms with E-state index in [4.69, 9.17) is 14.2 Å². The van der Waals surface area contributed by atoms with Crippen molar-refractivity contribution in [3.63, 3.8) is 0 Å². The number of ether oxygens (including phenoxy) is 3. The molecular formula is C25H28N2O5. The predicted molar refractivity (Wildman–Crippen MR) is 123 cm³/mol. The molecule has 168 valence electrons. The Morgan fingerprint density at radius 3 is 2.66 bits per heavy atom. The fraction of sp³-hybridized carbons (Fsp3) is 0.360. The number of benzene rings is 2. The number of anilines is 1. The molecule has 1 fully saturated rings. The van der Waals surface area contributed by atoms with Gasteiger partial charge in [0, 0.05) is 29.4 Å². The quantitative estimate of drug-likeness (QED) is 0.607. The molecule has 3 aromatic rings. The lowest BCUT2D eigenvalue weighted by molar-refractivity contribution is -0.124. The zero-order valence-electron chi connectivity index (χ0n) is 18.8. The number of aromatic nitrogens is 1. The van der Waals surface area contributed by atoms with Gasteiger partial charge < -0.3 is 19.5 Å². The van der Waals surface area contributed by atoms with Crippen LogP contribution in [0.15, 0.2) is 48.7 Å². The number of nitrogens with one attached hydrogen (secondary N) is 1. The van der Waals surface area contributed by atoms with E-state index in [1.807, 2.05) is 63.2 Å². The molecule has 32 heavy (non-hydrogen) atoms. The van der Waals surface area contributed by atoms with Gasteiger partial charge in [0.2, 0.25) is 0 Å². The summed E-state index contributed by atoms with van der Waals surface area (Å²) >= 11 is 0. The van der Waals surface area contributed by atoms with Crippen molar-refractivity contribution in [3.05, 3.63) is 48.7 Å². The molecule has 7 nitrogen and oxygen atoms in total. The third-order valence-electron chi connectivity index (χ3n) is 5.27. The zero-order valence-corrected chi connectivity index (χ0v) is 18.8. The average molecular weight is 437 g/mol. The molecule has 1 aliphatic rings. The number of hydrogen-bond acceptors (Lipinski definition) is 5. The molecule has 2 aromatic carbocycles. The highest BCUT2D eigenvalue weighted by Gasteiger charge is 2.24. The highest BCUT2D eigenvalue weighted by atomic mass is 16.6. The van der Waals surface area contributed by atoms with E-state index in [9.17, 15) is 9.59 Å². The van der Waals surface area contributed by atoms with Gasteiger partial charge in [-0.2, -0.15) is 0 Å². The van der Waals surface area contributed by atoms with Crippen LogP contribution < -0.4 is 10.1 Å². The second-order valence-corrected chi connectivity index (χ2v) is 8.85. The van der Waals surface area contributed by atoms with Crippen molar-refractivity contribution < 1.29 is 23.8 Å². The Hall–Kier alpha value is -3.32. The second kappa shape index (κ2) is 8.67. The summed E-state index contributed by atoms with van der Waals surface area (Å²) in [5, 5.41) is 3.78. The number of carbonyl (C=O) groups excluding carboxylic acids is 2. The van der Waals surface area contributed by atoms with Gasteiger partial charge in [0.05, 0.1) is 12.6 Å². The number of amides is 1. The van der Waals surface area contributed by atoms with Gasteiger partial charge in [-0.1, -0.05) is 12.1 Å². The molecule has 0 aliphatic carbocycles. The van der Waals surface area contributed by atoms with Gasteiger partial charge in [0.1, 0.15) is 17.5 Å². The molecule has 4 rings (SSSR count). The minimum atomic E-state index is -0.618. The van der Waals surface area contributed by atoms with Crippen LogP contribution in [0.5, 0.6) is 5.75 Å². The van der Waals surface area contributed by atoms with Crippen molar-refractivity contribution in [2.75, 3.05) is 19.0 Å². The molecule has 1 atom stereocenters. The van der Waals surface area contributed by atoms with E-state index in [0.29, 0.717) is 23.6 Å². The molecule has 1 saturated heterocycles. The smallest absolute Gasteiger partial charge is 0.419 e. The number of nitrogens with zero attached hydrogens (tertiary/aromatic N) is 1. The summed E-state index contributed by atoms with van der Waals surface area (Å²) in [4.78, 5) is 25.3. The molecule has 0 radical (unpaired) electrons. The van der Waals surface area contributed by atoms with Gasteiger partial charge in [-0.05, 0) is 69.5 Å². The number of hydrogen-bond donors (Lipinski definition) is 1. The Balaban J connectivity index is 1.73. The SMILES string of the molecule is COc1ccc2c(c1)c(-c1cccc(NC(=O)[C@H]3CCCO3)c1)cn2C(=O)OC(C)(C)C. The van der Waals surface area contributed by atoms with E-state index in [1.54, 1.807) is 13.3 Å². The Labute approximate surface area is 187 Å². The van der Waals surface area contributed by atoms with Crippen LogP contribution in [0.25, 0.3) is 22.0 Å². The number of methoxy groups -OCH3 is 1. The lowest BCUT2D eigenvalue weighted by atomic mass is 10.0. The summed E-state index contributed by atoms with van der Waals surface area (Å²) < 4.78 is 18.0. The van der Waals surface area contributed by atoms with Crippen LogP contribution in [0.3, 0.4) is 0 Å². The fourth-order valence-electron chi connectivity index (χ4n) is 3.80. The molecule has 1 amide bonds. The van der Waals surface area contributed by atoms with Gasteiger partial charge in [0.15, 0.2) is 0 Å². The topological polar surface area (TPSA) is 78.8 Å². The predicted octanol–water partition coefficient (Wildman–Crippen LogP) is 5.22. The summed E-state index contributed by atoms with van der Waals surface area (Å²) in [6.07, 6.45) is 2.52. The molecule has 1 aliphatic heterocycles. The molecule has 0 unspecified atom stereocenters. The standard InChI is InChI=1S/C25H28N2O5/c1-25(2,3)32-24(29)27-15-20(19-14-18(30-4)10-11-21(19)27)16-7-5-8-17(13-16)26-23(28)22-9-6-12-31-22/h5,7-8,10-11,13-15,22H,6,9,12H2,1-4H3,(H,26,28)/t22-/m1/s1. The number of fused-ring (bicyclic) bond motifs is 1. The van der Waals surface area contributed by atoms with Gasteiger partial charge in [-0.15, -0.1) is 0 Å². The molecule has 2 heterocycles. The van der Waals surface area contributed by atoms with Crippen molar-refractivity contribution in [3.8, 4) is 16.9 Å². The van der Waals surface area contributed by atoms with Crippen molar-refractivity contribution >= 4 is 28.6 Å². The number of rotatable bonds is 4. The first-order valence-electron chi connectivity index (χ1n) is 10.7. The summed E-state index contributed by atoms with van der Waals surface area (Å²) in [7, 11) is 1.60. The van der Waals surface area contributed by atoms with Crippen LogP contribution in [0, 0.1) is 0 Å². The highest BCUT2D eigenvalue weighted by molar-refractivity contribution is 6.02. The summed E-state index contributed by atoms with van der Waals surface area (Å²) in [5.74, 6) is 0.543. The van der Waals surface area contributed by atoms with E-state index in [1.165, 1.54) is 4.57 Å². The summed E-state index contributed by atoms with van der Waals surface area (Å²) in [5.41, 5.74) is 2.45. The van der Waals surface area contributed by atoms with Crippen LogP contribution >= 0.6 is 0 Å². The number of carbonyl (C=O) groups is 2. The zero-order chi connectivity index (χ0) is 22.9. The van der Waals surface area contributed by atoms with Crippen LogP contribution in [0.1, 0.15) is 33.6 Å². The first kappa shape index (κ1) is 21.9. The maximum absolute atomic E-state index is 12.9. The third kappa shape index (κ3) is 4.62. The maximum Gasteiger partial charge on any atom is 0.419 e. The molecule has 1 aromatic heterocycles. The minimum Gasteiger partial charge on any atom is -0.497 e. The van der Waals surface area contributed by atoms with Crippen LogP contribution in [-0.4, -0.2) is 42.0 Å². The molecule has 0 saturated carbocycles. The summed E-state index contributed by atoms with van der Waals surface area (Å²) in [6.45, 7) is 6.12. The molecule has 0 bridgehead atoms. The van der Waals surface area contributed by atoms with Crippen LogP contribution in [0.2, 0.25) is 0 Å². The lowest BCUT2D eigenvalue weighted by Gasteiger charge is -2.19. The molecule has 1 N–H and O–H groups in total. The van der Waals surface area contributed by atoms with Crippen molar-refractivity contribution in [2.24, 2.45) is 0 Å². The molecular weight excluding hydrogens is 408 g/mol. The van der Waals surface area contributed by atoms with Crippen LogP contribution in [0.4, 0.5) is 10.5 Å². The van der Waals surface area contributed by atoms with Gasteiger partial charge in [0.25, 0.3) is 5.91 Å². The largest absolute Gasteiger partial charge is 0.497 e. The van der Waals surface area contributed by atoms with Gasteiger partial charge >= 0.3 is 6.09 Å². The van der Waals surface area contributed by atoms with Crippen molar-refractivity contribution in [2.45, 2.75) is 45.3 Å². The van der Waals surface area contributed by atoms with Crippen LogP contribution in [-0.2, 0) is 14.3 Å². The first-order chi connectivity index (χ1) is 15.2. The fourth-order valence-corrected chi connectivity index (χ4v) is 3.80. The third-order valence-corrected chi connectivity index (χ3v) is 5.27. The molecule has 0 spiro atoms. The van der Waals surface area contributed by atoms with Gasteiger partial charge in [-0.3, -0.25) is 9.36 Å². The second-order valence-electron chi connectivity index (χ2n) is 8.85. The van der Waals surface area contributed by atoms with E-state index in [0.717, 1.165) is 29.4 Å². The minimum absolute atomic E-state index is 0.141. The van der Waals surface area contributed by atoms with Gasteiger partial charge in [-0.25, -0.2) is 4.79 Å².